The predicted octanol–water partition coefficient (Wildman–Crippen LogP) is 1.66. The van der Waals surface area contributed by atoms with Crippen molar-refractivity contribution in [2.45, 2.75) is 25.9 Å². The van der Waals surface area contributed by atoms with Crippen molar-refractivity contribution in [2.75, 3.05) is 11.9 Å². The van der Waals surface area contributed by atoms with Crippen LogP contribution in [0, 0.1) is 0 Å². The number of carbonyl (C=O) groups is 2. The van der Waals surface area contributed by atoms with Gasteiger partial charge in [0, 0.05) is 26.0 Å². The minimum atomic E-state index is -1.45. The molecule has 0 radical (unpaired) electrons. The number of benzene rings is 1. The smallest absolute Gasteiger partial charge is 0.304 e. The molecule has 1 heterocycles. The number of anilines is 1. The van der Waals surface area contributed by atoms with Crippen LogP contribution >= 0.6 is 0 Å². The Morgan fingerprint density at radius 2 is 2.05 bits per heavy atom. The third kappa shape index (κ3) is 2.03. The first-order valence-corrected chi connectivity index (χ1v) is 6.17. The first-order chi connectivity index (χ1) is 9.42. The van der Waals surface area contributed by atoms with Crippen LogP contribution in [-0.4, -0.2) is 29.8 Å². The second kappa shape index (κ2) is 4.96. The molecule has 1 aromatic carbocycles. The van der Waals surface area contributed by atoms with Gasteiger partial charge >= 0.3 is 5.97 Å². The lowest BCUT2D eigenvalue weighted by molar-refractivity contribution is -0.164. The summed E-state index contributed by atoms with van der Waals surface area (Å²) in [6.07, 6.45) is 0.0171. The highest BCUT2D eigenvalue weighted by molar-refractivity contribution is 6.09. The van der Waals surface area contributed by atoms with Crippen LogP contribution in [0.15, 0.2) is 29.4 Å². The Hall–Kier alpha value is -2.37. The molecule has 6 heteroatoms. The van der Waals surface area contributed by atoms with Gasteiger partial charge in [0.15, 0.2) is 0 Å². The zero-order valence-electron chi connectivity index (χ0n) is 11.6. The number of nitrogens with zero attached hydrogens (tertiary/aromatic N) is 2. The van der Waals surface area contributed by atoms with E-state index in [2.05, 4.69) is 5.16 Å². The summed E-state index contributed by atoms with van der Waals surface area (Å²) >= 11 is 0. The molecule has 1 aliphatic rings. The number of fused-ring (bicyclic) bond motifs is 1. The van der Waals surface area contributed by atoms with Crippen LogP contribution in [0.1, 0.15) is 25.8 Å². The van der Waals surface area contributed by atoms with E-state index < -0.39 is 11.6 Å². The van der Waals surface area contributed by atoms with Gasteiger partial charge in [0.2, 0.25) is 5.60 Å². The van der Waals surface area contributed by atoms with Crippen LogP contribution in [0.4, 0.5) is 5.69 Å². The maximum Gasteiger partial charge on any atom is 0.304 e. The van der Waals surface area contributed by atoms with Gasteiger partial charge in [0.05, 0.1) is 11.4 Å². The van der Waals surface area contributed by atoms with E-state index in [9.17, 15) is 9.59 Å². The summed E-state index contributed by atoms with van der Waals surface area (Å²) in [7, 11) is 1.62. The summed E-state index contributed by atoms with van der Waals surface area (Å²) in [6, 6.07) is 7.10. The third-order valence-corrected chi connectivity index (χ3v) is 3.34. The van der Waals surface area contributed by atoms with E-state index in [0.717, 1.165) is 0 Å². The third-order valence-electron chi connectivity index (χ3n) is 3.34. The molecule has 1 aliphatic heterocycles. The van der Waals surface area contributed by atoms with Crippen molar-refractivity contribution in [1.29, 1.82) is 0 Å². The van der Waals surface area contributed by atoms with Crippen molar-refractivity contribution in [1.82, 2.24) is 0 Å². The minimum absolute atomic E-state index is 0.0171. The number of esters is 1. The van der Waals surface area contributed by atoms with Crippen LogP contribution in [0.3, 0.4) is 0 Å². The average Bonchev–Trinajstić information content (AvgIpc) is 2.62. The first-order valence-electron chi connectivity index (χ1n) is 6.17. The number of oxime groups is 1. The van der Waals surface area contributed by atoms with Gasteiger partial charge in [-0.15, -0.1) is 0 Å². The molecule has 0 aliphatic carbocycles. The van der Waals surface area contributed by atoms with E-state index in [4.69, 9.17) is 9.94 Å². The van der Waals surface area contributed by atoms with E-state index in [1.54, 1.807) is 38.2 Å². The molecule has 2 rings (SSSR count). The Kier molecular flexibility index (Phi) is 3.48. The number of carbonyl (C=O) groups excluding carboxylic acids is 2. The largest absolute Gasteiger partial charge is 0.444 e. The number of amides is 1. The monoisotopic (exact) mass is 276 g/mol. The van der Waals surface area contributed by atoms with Gasteiger partial charge in [-0.3, -0.25) is 9.59 Å². The molecule has 0 saturated carbocycles. The molecule has 0 fully saturated rings. The topological polar surface area (TPSA) is 79.2 Å². The van der Waals surface area contributed by atoms with Crippen LogP contribution in [0.25, 0.3) is 0 Å². The fourth-order valence-corrected chi connectivity index (χ4v) is 2.55. The summed E-state index contributed by atoms with van der Waals surface area (Å²) in [5.74, 6) is -0.911. The van der Waals surface area contributed by atoms with Gasteiger partial charge in [-0.1, -0.05) is 23.4 Å². The lowest BCUT2D eigenvalue weighted by Gasteiger charge is -2.27. The van der Waals surface area contributed by atoms with Gasteiger partial charge in [-0.2, -0.15) is 0 Å². The quantitative estimate of drug-likeness (QED) is 0.394. The Morgan fingerprint density at radius 1 is 1.40 bits per heavy atom. The molecule has 0 saturated heterocycles. The van der Waals surface area contributed by atoms with Gasteiger partial charge in [0.25, 0.3) is 5.91 Å². The summed E-state index contributed by atoms with van der Waals surface area (Å²) < 4.78 is 5.36. The minimum Gasteiger partial charge on any atom is -0.444 e. The normalized spacial score (nSPS) is 21.9. The van der Waals surface area contributed by atoms with Gasteiger partial charge in [0.1, 0.15) is 0 Å². The van der Waals surface area contributed by atoms with E-state index in [1.165, 1.54) is 11.8 Å². The van der Waals surface area contributed by atoms with Crippen molar-refractivity contribution in [3.8, 4) is 0 Å². The van der Waals surface area contributed by atoms with Crippen LogP contribution in [-0.2, 0) is 19.9 Å². The molecule has 1 atom stereocenters. The number of para-hydroxylation sites is 1. The molecular weight excluding hydrogens is 260 g/mol. The molecule has 20 heavy (non-hydrogen) atoms. The van der Waals surface area contributed by atoms with Crippen molar-refractivity contribution >= 4 is 23.3 Å². The zero-order chi connectivity index (χ0) is 14.9. The number of rotatable bonds is 3. The molecule has 1 aromatic rings. The molecule has 1 amide bonds. The van der Waals surface area contributed by atoms with Crippen LogP contribution in [0.5, 0.6) is 0 Å². The van der Waals surface area contributed by atoms with Crippen molar-refractivity contribution in [2.24, 2.45) is 5.16 Å². The highest BCUT2D eigenvalue weighted by Crippen LogP contribution is 2.44. The van der Waals surface area contributed by atoms with Crippen molar-refractivity contribution in [3.63, 3.8) is 0 Å². The Morgan fingerprint density at radius 3 is 2.65 bits per heavy atom. The number of hydrogen-bond acceptors (Lipinski definition) is 5. The molecule has 0 aromatic heterocycles. The molecule has 0 bridgehead atoms. The molecule has 1 N–H and O–H groups in total. The number of hydrogen-bond donors (Lipinski definition) is 1. The van der Waals surface area contributed by atoms with Crippen LogP contribution in [0.2, 0.25) is 0 Å². The second-order valence-corrected chi connectivity index (χ2v) is 4.81. The highest BCUT2D eigenvalue weighted by atomic mass is 16.6. The lowest BCUT2D eigenvalue weighted by atomic mass is 9.89. The molecule has 6 nitrogen and oxygen atoms in total. The Bertz CT molecular complexity index is 597. The van der Waals surface area contributed by atoms with Gasteiger partial charge in [-0.25, -0.2) is 0 Å². The van der Waals surface area contributed by atoms with Crippen molar-refractivity contribution in [3.05, 3.63) is 29.8 Å². The number of ether oxygens (including phenoxy) is 1. The fraction of sp³-hybridized carbons (Fsp3) is 0.357. The predicted molar refractivity (Wildman–Crippen MR) is 72.8 cm³/mol. The Balaban J connectivity index is 2.61. The molecule has 106 valence electrons. The summed E-state index contributed by atoms with van der Waals surface area (Å²) in [6.45, 7) is 2.82. The molecule has 0 spiro atoms. The zero-order valence-corrected chi connectivity index (χ0v) is 11.6. The highest BCUT2D eigenvalue weighted by Gasteiger charge is 2.53. The summed E-state index contributed by atoms with van der Waals surface area (Å²) in [5, 5.41) is 12.0. The van der Waals surface area contributed by atoms with Gasteiger partial charge in [-0.05, 0) is 13.0 Å². The maximum atomic E-state index is 12.6. The maximum absolute atomic E-state index is 12.6. The van der Waals surface area contributed by atoms with E-state index >= 15 is 0 Å². The summed E-state index contributed by atoms with van der Waals surface area (Å²) in [4.78, 5) is 25.5. The SMILES string of the molecule is CC(=O)O[C@@]1(C/C(C)=N\O)C(=O)N(C)c2ccccc21. The summed E-state index contributed by atoms with van der Waals surface area (Å²) in [5.41, 5.74) is 0.146. The van der Waals surface area contributed by atoms with E-state index in [0.29, 0.717) is 17.0 Å². The molecular formula is C14H16N2O4. The average molecular weight is 276 g/mol. The fourth-order valence-electron chi connectivity index (χ4n) is 2.55. The van der Waals surface area contributed by atoms with E-state index in [1.807, 2.05) is 0 Å². The standard InChI is InChI=1S/C14H16N2O4/c1-9(15-19)8-14(20-10(2)17)11-6-4-5-7-12(11)16(3)13(14)18/h4-7,19H,8H2,1-3H3/b15-9-/t14-/m1/s1. The lowest BCUT2D eigenvalue weighted by Crippen LogP contribution is -2.43. The van der Waals surface area contributed by atoms with Crippen LogP contribution < -0.4 is 4.90 Å². The Labute approximate surface area is 116 Å². The molecule has 0 unspecified atom stereocenters. The van der Waals surface area contributed by atoms with E-state index in [-0.39, 0.29) is 12.3 Å². The first kappa shape index (κ1) is 14.0. The second-order valence-electron chi connectivity index (χ2n) is 4.81. The number of likely N-dealkylation sites (N-methyl/N-ethyl adjacent to an activating group) is 1. The van der Waals surface area contributed by atoms with Gasteiger partial charge < -0.3 is 14.8 Å². The van der Waals surface area contributed by atoms with Crippen molar-refractivity contribution < 1.29 is 19.5 Å².